The lowest BCUT2D eigenvalue weighted by molar-refractivity contribution is -0.184. The maximum atomic E-state index is 10.9. The monoisotopic (exact) mass is 214 g/mol. The molecule has 0 aromatic heterocycles. The van der Waals surface area contributed by atoms with Crippen molar-refractivity contribution < 1.29 is 19.0 Å². The molecule has 2 unspecified atom stereocenters. The molecular weight excluding hydrogens is 196 g/mol. The molecule has 1 aliphatic rings. The Bertz CT molecular complexity index is 263. The summed E-state index contributed by atoms with van der Waals surface area (Å²) in [4.78, 5) is 10.9. The molecule has 0 radical (unpaired) electrons. The molecule has 1 fully saturated rings. The summed E-state index contributed by atoms with van der Waals surface area (Å²) in [6, 6.07) is 0. The van der Waals surface area contributed by atoms with Crippen molar-refractivity contribution in [1.82, 2.24) is 0 Å². The molecule has 1 saturated heterocycles. The fourth-order valence-corrected chi connectivity index (χ4v) is 1.41. The summed E-state index contributed by atoms with van der Waals surface area (Å²) in [6.45, 7) is 9.68. The highest BCUT2D eigenvalue weighted by molar-refractivity contribution is 5.81. The molecule has 0 N–H and O–H groups in total. The zero-order valence-corrected chi connectivity index (χ0v) is 9.54. The molecule has 0 spiro atoms. The first-order chi connectivity index (χ1) is 6.93. The molecule has 86 valence electrons. The average Bonchev–Trinajstić information content (AvgIpc) is 2.53. The molecule has 4 nitrogen and oxygen atoms in total. The van der Waals surface area contributed by atoms with E-state index in [1.165, 1.54) is 0 Å². The van der Waals surface area contributed by atoms with Gasteiger partial charge in [0, 0.05) is 6.08 Å². The van der Waals surface area contributed by atoms with E-state index in [4.69, 9.17) is 14.2 Å². The molecule has 15 heavy (non-hydrogen) atoms. The summed E-state index contributed by atoms with van der Waals surface area (Å²) in [5.74, 6) is -1.00. The topological polar surface area (TPSA) is 44.8 Å². The van der Waals surface area contributed by atoms with E-state index in [9.17, 15) is 4.79 Å². The summed E-state index contributed by atoms with van der Waals surface area (Å²) < 4.78 is 16.2. The summed E-state index contributed by atoms with van der Waals surface area (Å²) in [6.07, 6.45) is 1.90. The number of carbonyl (C=O) groups is 1. The zero-order valence-electron chi connectivity index (χ0n) is 9.54. The first-order valence-electron chi connectivity index (χ1n) is 5.06. The third kappa shape index (κ3) is 3.04. The first kappa shape index (κ1) is 12.2. The summed E-state index contributed by atoms with van der Waals surface area (Å²) in [7, 11) is 0. The van der Waals surface area contributed by atoms with Crippen molar-refractivity contribution in [3.05, 3.63) is 12.7 Å². The first-order valence-corrected chi connectivity index (χ1v) is 5.06. The van der Waals surface area contributed by atoms with Crippen molar-refractivity contribution >= 4 is 5.97 Å². The van der Waals surface area contributed by atoms with Crippen LogP contribution in [0.2, 0.25) is 0 Å². The highest BCUT2D eigenvalue weighted by Gasteiger charge is 2.44. The van der Waals surface area contributed by atoms with Gasteiger partial charge in [0.25, 0.3) is 0 Å². The number of carbonyl (C=O) groups excluding carboxylic acids is 1. The zero-order chi connectivity index (χ0) is 11.5. The lowest BCUT2D eigenvalue weighted by Gasteiger charge is -2.26. The Kier molecular flexibility index (Phi) is 3.52. The number of esters is 1. The Labute approximate surface area is 90.2 Å². The normalized spacial score (nSPS) is 35.1. The van der Waals surface area contributed by atoms with Crippen LogP contribution in [0, 0.1) is 0 Å². The van der Waals surface area contributed by atoms with Crippen LogP contribution in [-0.4, -0.2) is 30.6 Å². The van der Waals surface area contributed by atoms with Crippen molar-refractivity contribution in [2.45, 2.75) is 38.6 Å². The number of hydrogen-bond donors (Lipinski definition) is 0. The van der Waals surface area contributed by atoms with E-state index in [-0.39, 0.29) is 6.61 Å². The van der Waals surface area contributed by atoms with Crippen LogP contribution in [0.25, 0.3) is 0 Å². The van der Waals surface area contributed by atoms with Crippen LogP contribution in [0.4, 0.5) is 0 Å². The van der Waals surface area contributed by atoms with Gasteiger partial charge >= 0.3 is 5.97 Å². The van der Waals surface area contributed by atoms with Crippen molar-refractivity contribution in [1.29, 1.82) is 0 Å². The molecule has 1 rings (SSSR count). The second-order valence-corrected chi connectivity index (χ2v) is 4.14. The third-order valence-electron chi connectivity index (χ3n) is 2.47. The molecule has 0 aromatic carbocycles. The van der Waals surface area contributed by atoms with Gasteiger partial charge in [0.1, 0.15) is 12.2 Å². The fourth-order valence-electron chi connectivity index (χ4n) is 1.41. The van der Waals surface area contributed by atoms with Gasteiger partial charge in [0.05, 0.1) is 6.61 Å². The largest absolute Gasteiger partial charge is 0.459 e. The predicted octanol–water partition coefficient (Wildman–Crippen LogP) is 1.65. The fraction of sp³-hybridized carbons (Fsp3) is 0.727. The molecule has 0 aromatic rings. The van der Waals surface area contributed by atoms with Crippen molar-refractivity contribution in [2.24, 2.45) is 0 Å². The van der Waals surface area contributed by atoms with E-state index in [1.807, 2.05) is 20.8 Å². The van der Waals surface area contributed by atoms with E-state index in [2.05, 4.69) is 6.58 Å². The van der Waals surface area contributed by atoms with Gasteiger partial charge in [-0.2, -0.15) is 0 Å². The number of hydrogen-bond acceptors (Lipinski definition) is 4. The van der Waals surface area contributed by atoms with E-state index in [0.29, 0.717) is 6.61 Å². The minimum Gasteiger partial charge on any atom is -0.459 e. The van der Waals surface area contributed by atoms with Gasteiger partial charge in [0.15, 0.2) is 5.79 Å². The quantitative estimate of drug-likeness (QED) is 0.527. The van der Waals surface area contributed by atoms with Crippen molar-refractivity contribution in [3.63, 3.8) is 0 Å². The maximum absolute atomic E-state index is 10.9. The molecule has 1 heterocycles. The predicted molar refractivity (Wildman–Crippen MR) is 55.3 cm³/mol. The van der Waals surface area contributed by atoms with Gasteiger partial charge in [-0.3, -0.25) is 0 Å². The summed E-state index contributed by atoms with van der Waals surface area (Å²) in [5, 5.41) is 0. The molecule has 4 heteroatoms. The lowest BCUT2D eigenvalue weighted by Crippen LogP contribution is -2.37. The smallest absolute Gasteiger partial charge is 0.330 e. The Morgan fingerprint density at radius 3 is 2.73 bits per heavy atom. The number of rotatable bonds is 4. The summed E-state index contributed by atoms with van der Waals surface area (Å²) in [5.41, 5.74) is -0.552. The average molecular weight is 214 g/mol. The van der Waals surface area contributed by atoms with Crippen LogP contribution < -0.4 is 0 Å². The highest BCUT2D eigenvalue weighted by atomic mass is 16.8. The van der Waals surface area contributed by atoms with Gasteiger partial charge in [-0.15, -0.1) is 0 Å². The van der Waals surface area contributed by atoms with Crippen LogP contribution in [-0.2, 0) is 19.0 Å². The molecule has 2 atom stereocenters. The van der Waals surface area contributed by atoms with E-state index < -0.39 is 17.4 Å². The highest BCUT2D eigenvalue weighted by Crippen LogP contribution is 2.33. The minimum atomic E-state index is -0.560. The van der Waals surface area contributed by atoms with Crippen LogP contribution in [0.15, 0.2) is 12.7 Å². The second kappa shape index (κ2) is 4.33. The van der Waals surface area contributed by atoms with Crippen molar-refractivity contribution in [2.75, 3.05) is 13.2 Å². The van der Waals surface area contributed by atoms with E-state index in [1.54, 1.807) is 0 Å². The third-order valence-corrected chi connectivity index (χ3v) is 2.47. The Hall–Kier alpha value is -0.870. The molecule has 0 bridgehead atoms. The SMILES string of the molecule is C=CC(=O)OCC1(C)COC(C)(CC)O1. The molecule has 0 saturated carbocycles. The molecule has 1 aliphatic heterocycles. The Balaban J connectivity index is 2.48. The van der Waals surface area contributed by atoms with Crippen LogP contribution in [0.1, 0.15) is 27.2 Å². The molecular formula is C11H18O4. The van der Waals surface area contributed by atoms with E-state index in [0.717, 1.165) is 12.5 Å². The van der Waals surface area contributed by atoms with Crippen LogP contribution in [0.3, 0.4) is 0 Å². The van der Waals surface area contributed by atoms with Gasteiger partial charge in [-0.25, -0.2) is 4.79 Å². The van der Waals surface area contributed by atoms with Gasteiger partial charge < -0.3 is 14.2 Å². The maximum Gasteiger partial charge on any atom is 0.330 e. The molecule has 0 aliphatic carbocycles. The number of ether oxygens (including phenoxy) is 3. The van der Waals surface area contributed by atoms with Gasteiger partial charge in [-0.1, -0.05) is 13.5 Å². The standard InChI is InChI=1S/C11H18O4/c1-5-9(12)13-7-10(3)8-14-11(4,6-2)15-10/h5H,1,6-8H2,2-4H3. The summed E-state index contributed by atoms with van der Waals surface area (Å²) >= 11 is 0. The van der Waals surface area contributed by atoms with Crippen molar-refractivity contribution in [3.8, 4) is 0 Å². The molecule has 0 amide bonds. The van der Waals surface area contributed by atoms with Gasteiger partial charge in [-0.05, 0) is 20.3 Å². The lowest BCUT2D eigenvalue weighted by atomic mass is 10.1. The van der Waals surface area contributed by atoms with Gasteiger partial charge in [0.2, 0.25) is 0 Å². The Morgan fingerprint density at radius 1 is 1.60 bits per heavy atom. The van der Waals surface area contributed by atoms with Crippen LogP contribution in [0.5, 0.6) is 0 Å². The van der Waals surface area contributed by atoms with E-state index >= 15 is 0 Å². The second-order valence-electron chi connectivity index (χ2n) is 4.14. The Morgan fingerprint density at radius 2 is 2.27 bits per heavy atom. The minimum absolute atomic E-state index is 0.188. The van der Waals surface area contributed by atoms with Crippen LogP contribution >= 0.6 is 0 Å².